The maximum atomic E-state index is 10.9. The molecule has 2 aromatic rings. The first-order chi connectivity index (χ1) is 7.74. The first-order valence-electron chi connectivity index (χ1n) is 4.88. The van der Waals surface area contributed by atoms with E-state index in [-0.39, 0.29) is 5.75 Å². The Kier molecular flexibility index (Phi) is 3.32. The van der Waals surface area contributed by atoms with Gasteiger partial charge in [-0.05, 0) is 42.0 Å². The fourth-order valence-corrected chi connectivity index (χ4v) is 1.41. The summed E-state index contributed by atoms with van der Waals surface area (Å²) >= 11 is 5.77. The second-order valence-corrected chi connectivity index (χ2v) is 3.82. The minimum Gasteiger partial charge on any atom is -0.489 e. The summed E-state index contributed by atoms with van der Waals surface area (Å²) in [4.78, 5) is 0. The Bertz CT molecular complexity index is 403. The molecule has 0 unspecified atom stereocenters. The van der Waals surface area contributed by atoms with Gasteiger partial charge < -0.3 is 4.74 Å². The maximum absolute atomic E-state index is 10.9. The van der Waals surface area contributed by atoms with E-state index in [1.54, 1.807) is 12.1 Å². The normalized spacial score (nSPS) is 10.1. The van der Waals surface area contributed by atoms with Crippen LogP contribution in [0.25, 0.3) is 0 Å². The highest BCUT2D eigenvalue weighted by Gasteiger charge is 1.97. The zero-order valence-electron chi connectivity index (χ0n) is 8.52. The molecule has 0 saturated heterocycles. The van der Waals surface area contributed by atoms with Gasteiger partial charge in [-0.25, -0.2) is 0 Å². The third-order valence-corrected chi connectivity index (χ3v) is 2.39. The molecule has 0 aromatic heterocycles. The van der Waals surface area contributed by atoms with Crippen molar-refractivity contribution >= 4 is 11.6 Å². The Hall–Kier alpha value is -1.67. The van der Waals surface area contributed by atoms with Gasteiger partial charge in [0.1, 0.15) is 12.4 Å². The van der Waals surface area contributed by atoms with Crippen molar-refractivity contribution in [3.05, 3.63) is 59.1 Å². The predicted molar refractivity (Wildman–Crippen MR) is 62.4 cm³/mol. The average molecular weight is 234 g/mol. The van der Waals surface area contributed by atoms with E-state index in [0.717, 1.165) is 5.56 Å². The van der Waals surface area contributed by atoms with E-state index in [1.165, 1.54) is 12.1 Å². The van der Waals surface area contributed by atoms with Crippen molar-refractivity contribution in [1.29, 1.82) is 0 Å². The van der Waals surface area contributed by atoms with Gasteiger partial charge in [0.15, 0.2) is 5.75 Å². The molecule has 0 bridgehead atoms. The van der Waals surface area contributed by atoms with Crippen LogP contribution in [-0.2, 0) is 11.7 Å². The minimum absolute atomic E-state index is 0.0150. The predicted octanol–water partition coefficient (Wildman–Crippen LogP) is 4.06. The summed E-state index contributed by atoms with van der Waals surface area (Å²) in [5.74, 6) is 0.674. The van der Waals surface area contributed by atoms with Crippen molar-refractivity contribution in [2.24, 2.45) is 0 Å². The fraction of sp³-hybridized carbons (Fsp3) is 0.0769. The summed E-state index contributed by atoms with van der Waals surface area (Å²) in [6.45, 7) is 0.468. The van der Waals surface area contributed by atoms with E-state index in [4.69, 9.17) is 16.3 Å². The van der Waals surface area contributed by atoms with Crippen molar-refractivity contribution in [3.8, 4) is 11.5 Å². The summed E-state index contributed by atoms with van der Waals surface area (Å²) in [6.07, 6.45) is 0. The third-order valence-electron chi connectivity index (χ3n) is 2.14. The van der Waals surface area contributed by atoms with Crippen LogP contribution in [0.4, 0.5) is 0 Å². The molecule has 2 aromatic carbocycles. The average Bonchev–Trinajstić information content (AvgIpc) is 2.30. The molecule has 0 aliphatic heterocycles. The van der Waals surface area contributed by atoms with Crippen LogP contribution in [0.5, 0.6) is 11.5 Å². The Morgan fingerprint density at radius 2 is 1.56 bits per heavy atom. The standard InChI is InChI=1S/C13H10ClO2/c14-11-3-1-10(2-4-11)9-16-13-7-5-12(15)6-8-13/h1-8H,9H2. The molecule has 3 heteroatoms. The molecule has 0 aliphatic carbocycles. The van der Waals surface area contributed by atoms with Gasteiger partial charge in [-0.1, -0.05) is 23.7 Å². The van der Waals surface area contributed by atoms with Gasteiger partial charge in [-0.15, -0.1) is 0 Å². The van der Waals surface area contributed by atoms with Crippen LogP contribution in [0.1, 0.15) is 5.56 Å². The lowest BCUT2D eigenvalue weighted by molar-refractivity contribution is 0.304. The highest BCUT2D eigenvalue weighted by molar-refractivity contribution is 6.30. The van der Waals surface area contributed by atoms with Gasteiger partial charge >= 0.3 is 0 Å². The SMILES string of the molecule is [O]c1ccc(OCc2ccc(Cl)cc2)cc1. The molecule has 81 valence electrons. The molecule has 0 saturated carbocycles. The second kappa shape index (κ2) is 4.90. The number of rotatable bonds is 3. The summed E-state index contributed by atoms with van der Waals surface area (Å²) in [6, 6.07) is 13.8. The lowest BCUT2D eigenvalue weighted by Gasteiger charge is -2.05. The second-order valence-electron chi connectivity index (χ2n) is 3.39. The molecular weight excluding hydrogens is 224 g/mol. The largest absolute Gasteiger partial charge is 0.489 e. The highest BCUT2D eigenvalue weighted by atomic mass is 35.5. The molecule has 2 rings (SSSR count). The molecular formula is C13H10ClO2. The molecule has 16 heavy (non-hydrogen) atoms. The van der Waals surface area contributed by atoms with Crippen molar-refractivity contribution in [1.82, 2.24) is 0 Å². The van der Waals surface area contributed by atoms with E-state index < -0.39 is 0 Å². The van der Waals surface area contributed by atoms with E-state index in [2.05, 4.69) is 0 Å². The maximum Gasteiger partial charge on any atom is 0.178 e. The Morgan fingerprint density at radius 1 is 0.938 bits per heavy atom. The number of hydrogen-bond acceptors (Lipinski definition) is 1. The third kappa shape index (κ3) is 2.91. The number of hydrogen-bond donors (Lipinski definition) is 0. The highest BCUT2D eigenvalue weighted by Crippen LogP contribution is 2.18. The Labute approximate surface area is 99.1 Å². The molecule has 0 atom stereocenters. The van der Waals surface area contributed by atoms with E-state index in [0.29, 0.717) is 17.4 Å². The fourth-order valence-electron chi connectivity index (χ4n) is 1.28. The summed E-state index contributed by atoms with van der Waals surface area (Å²) in [7, 11) is 0. The lowest BCUT2D eigenvalue weighted by atomic mass is 10.2. The smallest absolute Gasteiger partial charge is 0.178 e. The lowest BCUT2D eigenvalue weighted by Crippen LogP contribution is -1.94. The van der Waals surface area contributed by atoms with Crippen LogP contribution in [0.3, 0.4) is 0 Å². The molecule has 2 nitrogen and oxygen atoms in total. The Balaban J connectivity index is 1.97. The van der Waals surface area contributed by atoms with Gasteiger partial charge in [-0.3, -0.25) is 5.11 Å². The summed E-state index contributed by atoms with van der Waals surface area (Å²) in [5, 5.41) is 11.6. The molecule has 0 N–H and O–H groups in total. The van der Waals surface area contributed by atoms with Gasteiger partial charge in [0, 0.05) is 5.02 Å². The van der Waals surface area contributed by atoms with Crippen LogP contribution >= 0.6 is 11.6 Å². The summed E-state index contributed by atoms with van der Waals surface area (Å²) < 4.78 is 5.50. The monoisotopic (exact) mass is 233 g/mol. The van der Waals surface area contributed by atoms with Crippen molar-refractivity contribution in [2.45, 2.75) is 6.61 Å². The van der Waals surface area contributed by atoms with Crippen molar-refractivity contribution < 1.29 is 9.84 Å². The molecule has 0 aliphatic rings. The van der Waals surface area contributed by atoms with Crippen molar-refractivity contribution in [2.75, 3.05) is 0 Å². The van der Waals surface area contributed by atoms with E-state index >= 15 is 0 Å². The molecule has 0 fully saturated rings. The zero-order valence-corrected chi connectivity index (χ0v) is 9.28. The van der Waals surface area contributed by atoms with Gasteiger partial charge in [0.05, 0.1) is 0 Å². The number of ether oxygens (including phenoxy) is 1. The topological polar surface area (TPSA) is 29.1 Å². The number of halogens is 1. The van der Waals surface area contributed by atoms with Gasteiger partial charge in [0.25, 0.3) is 0 Å². The van der Waals surface area contributed by atoms with Crippen LogP contribution in [-0.4, -0.2) is 0 Å². The van der Waals surface area contributed by atoms with Gasteiger partial charge in [-0.2, -0.15) is 0 Å². The van der Waals surface area contributed by atoms with Crippen LogP contribution in [0, 0.1) is 0 Å². The van der Waals surface area contributed by atoms with E-state index in [9.17, 15) is 5.11 Å². The van der Waals surface area contributed by atoms with Crippen molar-refractivity contribution in [3.63, 3.8) is 0 Å². The first-order valence-corrected chi connectivity index (χ1v) is 5.26. The van der Waals surface area contributed by atoms with Gasteiger partial charge in [0.2, 0.25) is 0 Å². The quantitative estimate of drug-likeness (QED) is 0.786. The molecule has 0 spiro atoms. The van der Waals surface area contributed by atoms with E-state index in [1.807, 2.05) is 24.3 Å². The Morgan fingerprint density at radius 3 is 2.19 bits per heavy atom. The molecule has 0 amide bonds. The van der Waals surface area contributed by atoms with Crippen LogP contribution < -0.4 is 4.74 Å². The zero-order chi connectivity index (χ0) is 11.4. The first kappa shape index (κ1) is 10.8. The number of benzene rings is 2. The minimum atomic E-state index is -0.0150. The summed E-state index contributed by atoms with van der Waals surface area (Å²) in [5.41, 5.74) is 1.04. The van der Waals surface area contributed by atoms with Crippen LogP contribution in [0.2, 0.25) is 5.02 Å². The molecule has 0 heterocycles. The molecule has 1 radical (unpaired) electrons. The van der Waals surface area contributed by atoms with Crippen LogP contribution in [0.15, 0.2) is 48.5 Å².